The highest BCUT2D eigenvalue weighted by molar-refractivity contribution is 5.79. The van der Waals surface area contributed by atoms with E-state index in [1.807, 2.05) is 27.7 Å². The molecule has 2 saturated heterocycles. The molecular formula is C25H44N2O6. The summed E-state index contributed by atoms with van der Waals surface area (Å²) in [5, 5.41) is 0. The van der Waals surface area contributed by atoms with Crippen molar-refractivity contribution in [2.75, 3.05) is 40.0 Å². The Morgan fingerprint density at radius 1 is 0.939 bits per heavy atom. The van der Waals surface area contributed by atoms with Crippen LogP contribution in [0.2, 0.25) is 0 Å². The van der Waals surface area contributed by atoms with Crippen LogP contribution in [0.1, 0.15) is 79.1 Å². The smallest absolute Gasteiger partial charge is 0.371 e. The average molecular weight is 469 g/mol. The molecule has 0 aromatic rings. The number of hydrogen-bond donors (Lipinski definition) is 0. The van der Waals surface area contributed by atoms with Gasteiger partial charge in [0.15, 0.2) is 0 Å². The number of carbonyl (C=O) groups is 2. The van der Waals surface area contributed by atoms with E-state index in [-0.39, 0.29) is 30.0 Å². The molecule has 190 valence electrons. The molecule has 2 aliphatic heterocycles. The molecule has 2 atom stereocenters. The zero-order chi connectivity index (χ0) is 24.1. The van der Waals surface area contributed by atoms with Crippen molar-refractivity contribution in [3.05, 3.63) is 0 Å². The van der Waals surface area contributed by atoms with Gasteiger partial charge in [0.25, 0.3) is 5.85 Å². The normalized spacial score (nSPS) is 29.1. The Morgan fingerprint density at radius 3 is 2.18 bits per heavy atom. The lowest BCUT2D eigenvalue weighted by Gasteiger charge is -2.49. The van der Waals surface area contributed by atoms with Crippen molar-refractivity contribution in [1.29, 1.82) is 0 Å². The summed E-state index contributed by atoms with van der Waals surface area (Å²) >= 11 is 0. The van der Waals surface area contributed by atoms with Crippen LogP contribution in [-0.4, -0.2) is 85.3 Å². The third-order valence-electron chi connectivity index (χ3n) is 6.95. The number of hydrogen-bond acceptors (Lipinski definition) is 8. The van der Waals surface area contributed by atoms with Crippen LogP contribution in [0.15, 0.2) is 0 Å². The fourth-order valence-corrected chi connectivity index (χ4v) is 5.49. The van der Waals surface area contributed by atoms with Gasteiger partial charge in [0.2, 0.25) is 0 Å². The van der Waals surface area contributed by atoms with Crippen LogP contribution in [0.25, 0.3) is 0 Å². The fourth-order valence-electron chi connectivity index (χ4n) is 5.49. The van der Waals surface area contributed by atoms with Gasteiger partial charge in [-0.3, -0.25) is 9.69 Å². The highest BCUT2D eigenvalue weighted by Gasteiger charge is 2.58. The third kappa shape index (κ3) is 6.27. The van der Waals surface area contributed by atoms with Gasteiger partial charge in [0.05, 0.1) is 25.2 Å². The zero-order valence-electron chi connectivity index (χ0n) is 21.3. The highest BCUT2D eigenvalue weighted by atomic mass is 16.6. The van der Waals surface area contributed by atoms with Crippen molar-refractivity contribution < 1.29 is 28.5 Å². The summed E-state index contributed by atoms with van der Waals surface area (Å²) in [5.41, 5.74) is -0.622. The van der Waals surface area contributed by atoms with Crippen LogP contribution >= 0.6 is 0 Å². The molecule has 0 aromatic carbocycles. The summed E-state index contributed by atoms with van der Waals surface area (Å²) in [6.07, 6.45) is 6.79. The van der Waals surface area contributed by atoms with E-state index in [2.05, 4.69) is 9.80 Å². The quantitative estimate of drug-likeness (QED) is 0.477. The summed E-state index contributed by atoms with van der Waals surface area (Å²) in [6.45, 7) is 10.9. The van der Waals surface area contributed by atoms with E-state index >= 15 is 0 Å². The molecule has 0 N–H and O–H groups in total. The van der Waals surface area contributed by atoms with Crippen LogP contribution in [0.5, 0.6) is 0 Å². The monoisotopic (exact) mass is 468 g/mol. The Balaban J connectivity index is 1.88. The van der Waals surface area contributed by atoms with Gasteiger partial charge in [0.1, 0.15) is 5.60 Å². The van der Waals surface area contributed by atoms with Crippen LogP contribution in [0, 0.1) is 5.92 Å². The Labute approximate surface area is 199 Å². The number of esters is 2. The number of nitrogens with zero attached hydrogens (tertiary/aromatic N) is 2. The van der Waals surface area contributed by atoms with Crippen molar-refractivity contribution >= 4 is 11.9 Å². The molecule has 8 nitrogen and oxygen atoms in total. The van der Waals surface area contributed by atoms with E-state index in [0.717, 1.165) is 71.0 Å². The number of methoxy groups -OCH3 is 1. The molecule has 3 rings (SSSR count). The molecule has 33 heavy (non-hydrogen) atoms. The Hall–Kier alpha value is -1.22. The second-order valence-corrected chi connectivity index (χ2v) is 10.6. The third-order valence-corrected chi connectivity index (χ3v) is 6.95. The SMILES string of the molecule is CCOC(=O)[C@H]1CC[C@H](OC(C(=O)OC(C)(C)C)(N2CCCC2)N2CCC[C@H]2COC)CC1. The van der Waals surface area contributed by atoms with Crippen molar-refractivity contribution in [3.63, 3.8) is 0 Å². The molecule has 0 aromatic heterocycles. The van der Waals surface area contributed by atoms with Crippen LogP contribution in [-0.2, 0) is 28.5 Å². The summed E-state index contributed by atoms with van der Waals surface area (Å²) in [7, 11) is 1.71. The van der Waals surface area contributed by atoms with E-state index < -0.39 is 11.4 Å². The first kappa shape index (κ1) is 26.4. The second kappa shape index (κ2) is 11.5. The van der Waals surface area contributed by atoms with Gasteiger partial charge in [-0.1, -0.05) is 0 Å². The van der Waals surface area contributed by atoms with Crippen molar-refractivity contribution in [3.8, 4) is 0 Å². The molecule has 0 bridgehead atoms. The van der Waals surface area contributed by atoms with Gasteiger partial charge >= 0.3 is 11.9 Å². The molecular weight excluding hydrogens is 424 g/mol. The van der Waals surface area contributed by atoms with Gasteiger partial charge in [-0.2, -0.15) is 0 Å². The molecule has 8 heteroatoms. The summed E-state index contributed by atoms with van der Waals surface area (Å²) in [6, 6.07) is 0.0963. The van der Waals surface area contributed by atoms with Crippen molar-refractivity contribution in [1.82, 2.24) is 9.80 Å². The molecule has 0 radical (unpaired) electrons. The molecule has 2 heterocycles. The molecule has 3 aliphatic rings. The van der Waals surface area contributed by atoms with Crippen molar-refractivity contribution in [2.24, 2.45) is 5.92 Å². The number of likely N-dealkylation sites (tertiary alicyclic amines) is 2. The first-order chi connectivity index (χ1) is 15.7. The average Bonchev–Trinajstić information content (AvgIpc) is 3.44. The van der Waals surface area contributed by atoms with Crippen LogP contribution < -0.4 is 0 Å². The molecule has 0 spiro atoms. The minimum atomic E-state index is -1.26. The molecule has 3 fully saturated rings. The lowest BCUT2D eigenvalue weighted by molar-refractivity contribution is -0.281. The summed E-state index contributed by atoms with van der Waals surface area (Å²) in [4.78, 5) is 30.6. The summed E-state index contributed by atoms with van der Waals surface area (Å²) < 4.78 is 23.7. The Bertz CT molecular complexity index is 652. The predicted molar refractivity (Wildman–Crippen MR) is 124 cm³/mol. The Morgan fingerprint density at radius 2 is 1.61 bits per heavy atom. The molecule has 0 amide bonds. The first-order valence-corrected chi connectivity index (χ1v) is 12.8. The van der Waals surface area contributed by atoms with Crippen molar-refractivity contribution in [2.45, 2.75) is 103 Å². The van der Waals surface area contributed by atoms with E-state index in [1.54, 1.807) is 7.11 Å². The maximum absolute atomic E-state index is 14.0. The molecule has 1 aliphatic carbocycles. The number of carbonyl (C=O) groups excluding carboxylic acids is 2. The van der Waals surface area contributed by atoms with Gasteiger partial charge in [-0.05, 0) is 79.1 Å². The highest BCUT2D eigenvalue weighted by Crippen LogP contribution is 2.39. The lowest BCUT2D eigenvalue weighted by Crippen LogP contribution is -2.70. The lowest BCUT2D eigenvalue weighted by atomic mass is 9.87. The van der Waals surface area contributed by atoms with Crippen LogP contribution in [0.3, 0.4) is 0 Å². The standard InChI is InChI=1S/C25H44N2O6/c1-6-31-22(28)19-11-13-21(14-12-19)32-25(26-15-7-8-16-26,23(29)33-24(2,3)4)27-17-9-10-20(27)18-30-5/h19-21H,6-18H2,1-5H3/t19-,20-,21-,25?/m0/s1. The summed E-state index contributed by atoms with van der Waals surface area (Å²) in [5.74, 6) is -1.79. The number of ether oxygens (including phenoxy) is 4. The minimum Gasteiger partial charge on any atom is -0.466 e. The van der Waals surface area contributed by atoms with Crippen LogP contribution in [0.4, 0.5) is 0 Å². The maximum atomic E-state index is 14.0. The van der Waals surface area contributed by atoms with E-state index in [0.29, 0.717) is 13.2 Å². The van der Waals surface area contributed by atoms with E-state index in [9.17, 15) is 9.59 Å². The van der Waals surface area contributed by atoms with E-state index in [1.165, 1.54) is 0 Å². The van der Waals surface area contributed by atoms with Gasteiger partial charge in [-0.25, -0.2) is 9.69 Å². The maximum Gasteiger partial charge on any atom is 0.371 e. The predicted octanol–water partition coefficient (Wildman–Crippen LogP) is 3.33. The molecule has 1 saturated carbocycles. The van der Waals surface area contributed by atoms with Gasteiger partial charge in [0, 0.05) is 32.8 Å². The van der Waals surface area contributed by atoms with E-state index in [4.69, 9.17) is 18.9 Å². The first-order valence-electron chi connectivity index (χ1n) is 12.8. The number of rotatable bonds is 9. The minimum absolute atomic E-state index is 0.0828. The van der Waals surface area contributed by atoms with Gasteiger partial charge in [-0.15, -0.1) is 0 Å². The Kier molecular flexibility index (Phi) is 9.17. The molecule has 1 unspecified atom stereocenters. The van der Waals surface area contributed by atoms with Gasteiger partial charge < -0.3 is 18.9 Å². The largest absolute Gasteiger partial charge is 0.466 e. The zero-order valence-corrected chi connectivity index (χ0v) is 21.3. The second-order valence-electron chi connectivity index (χ2n) is 10.6. The topological polar surface area (TPSA) is 77.5 Å². The fraction of sp³-hybridized carbons (Fsp3) is 0.920.